The highest BCUT2D eigenvalue weighted by Crippen LogP contribution is 2.53. The molecule has 234 valence electrons. The Bertz CT molecular complexity index is 1980. The molecule has 0 fully saturated rings. The number of hydrogen-bond acceptors (Lipinski definition) is 8. The average molecular weight is 669 g/mol. The molecule has 0 bridgehead atoms. The molecule has 2 aliphatic rings. The minimum atomic E-state index is -1.89. The van der Waals surface area contributed by atoms with E-state index in [-0.39, 0.29) is 0 Å². The Hall–Kier alpha value is -5.68. The SMILES string of the molecule is c1ccc(/N=C2/OP(Oc3ccccc3-c3ccccc3OP3O/C(=N/c4ccccc4)c4ccccc4O3)Oc3ccccc32)cc1. The molecule has 6 aromatic carbocycles. The van der Waals surface area contributed by atoms with Gasteiger partial charge in [-0.1, -0.05) is 97.1 Å². The van der Waals surface area contributed by atoms with E-state index in [4.69, 9.17) is 37.1 Å². The number of aliphatic imine (C=N–C) groups is 2. The standard InChI is InChI=1S/C38H26N2O6P2/c1-3-15-27(16-4-1)39-37-31-21-9-13-25-35(31)43-47(45-37)41-33-23-11-7-19-29(33)30-20-8-12-24-34(30)42-48-44-36-26-14-10-22-32(36)38(46-48)40-28-17-5-2-6-18-28/h1-26H/b39-37+,40-38+. The fourth-order valence-electron chi connectivity index (χ4n) is 5.06. The summed E-state index contributed by atoms with van der Waals surface area (Å²) in [5.41, 5.74) is 4.57. The van der Waals surface area contributed by atoms with E-state index in [0.29, 0.717) is 34.8 Å². The molecule has 8 rings (SSSR count). The summed E-state index contributed by atoms with van der Waals surface area (Å²) in [7, 11) is -3.79. The molecule has 0 spiro atoms. The van der Waals surface area contributed by atoms with Crippen LogP contribution in [0.3, 0.4) is 0 Å². The van der Waals surface area contributed by atoms with Crippen LogP contribution in [-0.2, 0) is 9.05 Å². The van der Waals surface area contributed by atoms with E-state index < -0.39 is 17.2 Å². The largest absolute Gasteiger partial charge is 0.531 e. The first-order valence-corrected chi connectivity index (χ1v) is 17.3. The second-order valence-electron chi connectivity index (χ2n) is 10.5. The van der Waals surface area contributed by atoms with Crippen molar-refractivity contribution in [3.63, 3.8) is 0 Å². The molecule has 48 heavy (non-hydrogen) atoms. The van der Waals surface area contributed by atoms with E-state index in [0.717, 1.165) is 33.6 Å². The van der Waals surface area contributed by atoms with Gasteiger partial charge in [0.25, 0.3) is 0 Å². The maximum absolute atomic E-state index is 6.45. The van der Waals surface area contributed by atoms with Gasteiger partial charge in [-0.05, 0) is 60.7 Å². The minimum Gasteiger partial charge on any atom is -0.408 e. The molecule has 0 amide bonds. The molecular formula is C38H26N2O6P2. The van der Waals surface area contributed by atoms with Gasteiger partial charge < -0.3 is 27.1 Å². The van der Waals surface area contributed by atoms with Crippen LogP contribution < -0.4 is 18.1 Å². The summed E-state index contributed by atoms with van der Waals surface area (Å²) >= 11 is 0. The second kappa shape index (κ2) is 13.6. The first kappa shape index (κ1) is 29.7. The zero-order chi connectivity index (χ0) is 32.1. The molecule has 0 saturated heterocycles. The number of hydrogen-bond donors (Lipinski definition) is 0. The van der Waals surface area contributed by atoms with Gasteiger partial charge >= 0.3 is 17.2 Å². The van der Waals surface area contributed by atoms with Gasteiger partial charge in [0.2, 0.25) is 11.8 Å². The third-order valence-electron chi connectivity index (χ3n) is 7.29. The maximum Gasteiger partial charge on any atom is 0.531 e. The Labute approximate surface area is 279 Å². The lowest BCUT2D eigenvalue weighted by molar-refractivity contribution is 0.368. The van der Waals surface area contributed by atoms with Crippen LogP contribution in [-0.4, -0.2) is 11.8 Å². The minimum absolute atomic E-state index is 0.429. The quantitative estimate of drug-likeness (QED) is 0.158. The molecule has 2 unspecified atom stereocenters. The Balaban J connectivity index is 1.08. The normalized spacial score (nSPS) is 17.9. The first-order valence-electron chi connectivity index (χ1n) is 15.1. The van der Waals surface area contributed by atoms with Gasteiger partial charge in [-0.2, -0.15) is 0 Å². The van der Waals surface area contributed by atoms with Crippen LogP contribution in [0.1, 0.15) is 11.1 Å². The van der Waals surface area contributed by atoms with Crippen LogP contribution in [0, 0.1) is 0 Å². The zero-order valence-electron chi connectivity index (χ0n) is 25.2. The third kappa shape index (κ3) is 6.45. The Kier molecular flexibility index (Phi) is 8.41. The number of fused-ring (bicyclic) bond motifs is 2. The van der Waals surface area contributed by atoms with Crippen molar-refractivity contribution in [3.8, 4) is 34.1 Å². The monoisotopic (exact) mass is 668 g/mol. The lowest BCUT2D eigenvalue weighted by atomic mass is 10.0. The van der Waals surface area contributed by atoms with Crippen molar-refractivity contribution in [2.75, 3.05) is 0 Å². The molecule has 0 saturated carbocycles. The molecule has 2 aliphatic heterocycles. The summed E-state index contributed by atoms with van der Waals surface area (Å²) in [5, 5.41) is 0. The maximum atomic E-state index is 6.45. The van der Waals surface area contributed by atoms with Crippen molar-refractivity contribution in [1.29, 1.82) is 0 Å². The van der Waals surface area contributed by atoms with Gasteiger partial charge in [-0.3, -0.25) is 0 Å². The van der Waals surface area contributed by atoms with Crippen LogP contribution in [0.25, 0.3) is 11.1 Å². The fourth-order valence-corrected chi connectivity index (χ4v) is 7.12. The molecule has 2 heterocycles. The molecule has 10 heteroatoms. The van der Waals surface area contributed by atoms with Gasteiger partial charge in [0, 0.05) is 11.1 Å². The van der Waals surface area contributed by atoms with Gasteiger partial charge in [0.1, 0.15) is 23.0 Å². The van der Waals surface area contributed by atoms with Crippen LogP contribution in [0.4, 0.5) is 11.4 Å². The summed E-state index contributed by atoms with van der Waals surface area (Å²) in [6, 6.07) is 49.8. The highest BCUT2D eigenvalue weighted by atomic mass is 31.2. The number of benzene rings is 6. The van der Waals surface area contributed by atoms with E-state index >= 15 is 0 Å². The number of nitrogens with zero attached hydrogens (tertiary/aromatic N) is 2. The van der Waals surface area contributed by atoms with Crippen molar-refractivity contribution < 1.29 is 27.1 Å². The van der Waals surface area contributed by atoms with E-state index in [9.17, 15) is 0 Å². The van der Waals surface area contributed by atoms with Crippen LogP contribution in [0.5, 0.6) is 23.0 Å². The van der Waals surface area contributed by atoms with Crippen molar-refractivity contribution in [3.05, 3.63) is 169 Å². The lowest BCUT2D eigenvalue weighted by Gasteiger charge is -2.26. The van der Waals surface area contributed by atoms with Crippen LogP contribution in [0.2, 0.25) is 0 Å². The molecule has 2 atom stereocenters. The Morgan fingerprint density at radius 1 is 0.354 bits per heavy atom. The predicted octanol–water partition coefficient (Wildman–Crippen LogP) is 10.9. The molecule has 8 nitrogen and oxygen atoms in total. The summed E-state index contributed by atoms with van der Waals surface area (Å²) in [6.45, 7) is 0. The topological polar surface area (TPSA) is 80.1 Å². The Morgan fingerprint density at radius 3 is 1.15 bits per heavy atom. The van der Waals surface area contributed by atoms with E-state index in [1.165, 1.54) is 0 Å². The molecule has 0 radical (unpaired) electrons. The summed E-state index contributed by atoms with van der Waals surface area (Å²) in [5.74, 6) is 3.22. The molecule has 6 aromatic rings. The van der Waals surface area contributed by atoms with Gasteiger partial charge in [0.15, 0.2) is 0 Å². The van der Waals surface area contributed by atoms with Crippen molar-refractivity contribution >= 4 is 40.4 Å². The summed E-state index contributed by atoms with van der Waals surface area (Å²) in [6.07, 6.45) is 0. The van der Waals surface area contributed by atoms with Crippen molar-refractivity contribution in [2.45, 2.75) is 0 Å². The zero-order valence-corrected chi connectivity index (χ0v) is 27.0. The predicted molar refractivity (Wildman–Crippen MR) is 189 cm³/mol. The van der Waals surface area contributed by atoms with Crippen LogP contribution >= 0.6 is 17.2 Å². The second-order valence-corrected chi connectivity index (χ2v) is 12.5. The lowest BCUT2D eigenvalue weighted by Crippen LogP contribution is -2.16. The average Bonchev–Trinajstić information content (AvgIpc) is 3.13. The first-order chi connectivity index (χ1) is 23.8. The summed E-state index contributed by atoms with van der Waals surface area (Å²) < 4.78 is 37.8. The van der Waals surface area contributed by atoms with Gasteiger partial charge in [0.05, 0.1) is 22.5 Å². The van der Waals surface area contributed by atoms with E-state index in [2.05, 4.69) is 0 Å². The molecule has 0 aromatic heterocycles. The number of para-hydroxylation sites is 6. The smallest absolute Gasteiger partial charge is 0.408 e. The molecule has 0 N–H and O–H groups in total. The van der Waals surface area contributed by atoms with Crippen molar-refractivity contribution in [2.24, 2.45) is 9.98 Å². The summed E-state index contributed by atoms with van der Waals surface area (Å²) in [4.78, 5) is 9.51. The van der Waals surface area contributed by atoms with Gasteiger partial charge in [-0.25, -0.2) is 9.98 Å². The molecule has 0 aliphatic carbocycles. The highest BCUT2D eigenvalue weighted by molar-refractivity contribution is 7.43. The molecular weight excluding hydrogens is 642 g/mol. The highest BCUT2D eigenvalue weighted by Gasteiger charge is 2.34. The van der Waals surface area contributed by atoms with E-state index in [1.807, 2.05) is 158 Å². The number of rotatable bonds is 7. The van der Waals surface area contributed by atoms with Gasteiger partial charge in [-0.15, -0.1) is 0 Å². The fraction of sp³-hybridized carbons (Fsp3) is 0. The third-order valence-corrected chi connectivity index (χ3v) is 9.31. The Morgan fingerprint density at radius 2 is 0.708 bits per heavy atom. The van der Waals surface area contributed by atoms with E-state index in [1.54, 1.807) is 0 Å². The van der Waals surface area contributed by atoms with Crippen molar-refractivity contribution in [1.82, 2.24) is 0 Å². The van der Waals surface area contributed by atoms with Crippen LogP contribution in [0.15, 0.2) is 168 Å².